The van der Waals surface area contributed by atoms with Crippen LogP contribution in [0.5, 0.6) is 0 Å². The second-order valence-corrected chi connectivity index (χ2v) is 4.82. The van der Waals surface area contributed by atoms with Gasteiger partial charge in [-0.2, -0.15) is 0 Å². The molecule has 1 fully saturated rings. The lowest BCUT2D eigenvalue weighted by Gasteiger charge is -2.25. The van der Waals surface area contributed by atoms with Crippen molar-refractivity contribution >= 4 is 5.82 Å². The van der Waals surface area contributed by atoms with Crippen LogP contribution in [-0.4, -0.2) is 27.7 Å². The summed E-state index contributed by atoms with van der Waals surface area (Å²) in [4.78, 5) is 8.45. The smallest absolute Gasteiger partial charge is 0.129 e. The fraction of sp³-hybridized carbons (Fsp3) is 0.692. The predicted octanol–water partition coefficient (Wildman–Crippen LogP) is 2.14. The van der Waals surface area contributed by atoms with E-state index in [4.69, 9.17) is 0 Å². The summed E-state index contributed by atoms with van der Waals surface area (Å²) >= 11 is 0. The van der Waals surface area contributed by atoms with E-state index in [0.717, 1.165) is 24.5 Å². The molecule has 1 aliphatic carbocycles. The van der Waals surface area contributed by atoms with Gasteiger partial charge in [-0.15, -0.1) is 0 Å². The van der Waals surface area contributed by atoms with Gasteiger partial charge in [0.1, 0.15) is 11.6 Å². The topological polar surface area (TPSA) is 58.0 Å². The number of anilines is 1. The van der Waals surface area contributed by atoms with Gasteiger partial charge in [-0.3, -0.25) is 0 Å². The molecule has 0 bridgehead atoms. The average molecular weight is 235 g/mol. The lowest BCUT2D eigenvalue weighted by Crippen LogP contribution is -2.31. The van der Waals surface area contributed by atoms with Gasteiger partial charge in [0.15, 0.2) is 0 Å². The molecule has 4 heteroatoms. The SMILES string of the molecule is Cc1nccc(N[C@@H]2CCCCC[C@H]2CO)n1. The Morgan fingerprint density at radius 2 is 2.18 bits per heavy atom. The van der Waals surface area contributed by atoms with Crippen LogP contribution in [0.25, 0.3) is 0 Å². The predicted molar refractivity (Wildman–Crippen MR) is 67.8 cm³/mol. The van der Waals surface area contributed by atoms with E-state index in [1.807, 2.05) is 13.0 Å². The fourth-order valence-corrected chi connectivity index (χ4v) is 2.52. The second kappa shape index (κ2) is 5.96. The number of nitrogens with one attached hydrogen (secondary N) is 1. The third kappa shape index (κ3) is 3.40. The zero-order valence-corrected chi connectivity index (χ0v) is 10.4. The monoisotopic (exact) mass is 235 g/mol. The van der Waals surface area contributed by atoms with E-state index in [0.29, 0.717) is 12.0 Å². The minimum absolute atomic E-state index is 0.266. The molecular weight excluding hydrogens is 214 g/mol. The maximum atomic E-state index is 9.45. The first-order valence-corrected chi connectivity index (χ1v) is 6.46. The first-order chi connectivity index (χ1) is 8.29. The Labute approximate surface area is 102 Å². The Bertz CT molecular complexity index is 356. The highest BCUT2D eigenvalue weighted by Gasteiger charge is 2.23. The number of rotatable bonds is 3. The zero-order chi connectivity index (χ0) is 12.1. The second-order valence-electron chi connectivity index (χ2n) is 4.82. The highest BCUT2D eigenvalue weighted by atomic mass is 16.3. The molecule has 0 aliphatic heterocycles. The molecule has 0 amide bonds. The van der Waals surface area contributed by atoms with Crippen molar-refractivity contribution in [1.82, 2.24) is 9.97 Å². The number of aryl methyl sites for hydroxylation is 1. The van der Waals surface area contributed by atoms with Crippen molar-refractivity contribution in [2.45, 2.75) is 45.1 Å². The molecule has 1 heterocycles. The summed E-state index contributed by atoms with van der Waals surface area (Å²) in [6.07, 6.45) is 7.74. The number of aliphatic hydroxyl groups is 1. The third-order valence-corrected chi connectivity index (χ3v) is 3.50. The summed E-state index contributed by atoms with van der Waals surface area (Å²) < 4.78 is 0. The summed E-state index contributed by atoms with van der Waals surface area (Å²) in [6, 6.07) is 2.24. The van der Waals surface area contributed by atoms with Crippen LogP contribution in [0.2, 0.25) is 0 Å². The van der Waals surface area contributed by atoms with Gasteiger partial charge < -0.3 is 10.4 Å². The summed E-state index contributed by atoms with van der Waals surface area (Å²) in [5, 5.41) is 12.9. The molecule has 94 valence electrons. The van der Waals surface area contributed by atoms with Crippen LogP contribution in [0, 0.1) is 12.8 Å². The van der Waals surface area contributed by atoms with Crippen molar-refractivity contribution in [3.63, 3.8) is 0 Å². The molecule has 0 saturated heterocycles. The lowest BCUT2D eigenvalue weighted by molar-refractivity contribution is 0.203. The number of hydrogen-bond acceptors (Lipinski definition) is 4. The quantitative estimate of drug-likeness (QED) is 0.788. The van der Waals surface area contributed by atoms with Gasteiger partial charge in [0.05, 0.1) is 0 Å². The molecule has 0 radical (unpaired) electrons. The van der Waals surface area contributed by atoms with Crippen molar-refractivity contribution < 1.29 is 5.11 Å². The molecule has 1 aromatic heterocycles. The van der Waals surface area contributed by atoms with E-state index >= 15 is 0 Å². The standard InChI is InChI=1S/C13H21N3O/c1-10-14-8-7-13(15-10)16-12-6-4-2-3-5-11(12)9-17/h7-8,11-12,17H,2-6,9H2,1H3,(H,14,15,16)/t11-,12+/m0/s1. The molecule has 17 heavy (non-hydrogen) atoms. The fourth-order valence-electron chi connectivity index (χ4n) is 2.52. The summed E-state index contributed by atoms with van der Waals surface area (Å²) in [5.41, 5.74) is 0. The van der Waals surface area contributed by atoms with Gasteiger partial charge in [0.2, 0.25) is 0 Å². The molecule has 2 N–H and O–H groups in total. The van der Waals surface area contributed by atoms with E-state index in [-0.39, 0.29) is 6.61 Å². The van der Waals surface area contributed by atoms with Crippen LogP contribution in [0.3, 0.4) is 0 Å². The number of nitrogens with zero attached hydrogens (tertiary/aromatic N) is 2. The summed E-state index contributed by atoms with van der Waals surface area (Å²) in [6.45, 7) is 2.16. The van der Waals surface area contributed by atoms with Crippen LogP contribution in [-0.2, 0) is 0 Å². The largest absolute Gasteiger partial charge is 0.396 e. The first kappa shape index (κ1) is 12.3. The van der Waals surface area contributed by atoms with Gasteiger partial charge in [0.25, 0.3) is 0 Å². The molecule has 0 spiro atoms. The average Bonchev–Trinajstić information content (AvgIpc) is 2.54. The highest BCUT2D eigenvalue weighted by molar-refractivity contribution is 5.34. The van der Waals surface area contributed by atoms with E-state index in [9.17, 15) is 5.11 Å². The number of hydrogen-bond donors (Lipinski definition) is 2. The van der Waals surface area contributed by atoms with E-state index in [1.54, 1.807) is 6.20 Å². The Morgan fingerprint density at radius 1 is 1.35 bits per heavy atom. The minimum atomic E-state index is 0.266. The Hall–Kier alpha value is -1.16. The molecule has 0 aromatic carbocycles. The Morgan fingerprint density at radius 3 is 2.94 bits per heavy atom. The van der Waals surface area contributed by atoms with Crippen molar-refractivity contribution in [1.29, 1.82) is 0 Å². The van der Waals surface area contributed by atoms with Gasteiger partial charge >= 0.3 is 0 Å². The number of aliphatic hydroxyl groups excluding tert-OH is 1. The van der Waals surface area contributed by atoms with Crippen LogP contribution in [0.15, 0.2) is 12.3 Å². The van der Waals surface area contributed by atoms with Crippen LogP contribution >= 0.6 is 0 Å². The van der Waals surface area contributed by atoms with Gasteiger partial charge in [-0.05, 0) is 25.8 Å². The molecule has 1 aliphatic rings. The van der Waals surface area contributed by atoms with Crippen molar-refractivity contribution in [3.8, 4) is 0 Å². The van der Waals surface area contributed by atoms with Gasteiger partial charge in [-0.25, -0.2) is 9.97 Å². The molecule has 1 saturated carbocycles. The van der Waals surface area contributed by atoms with Crippen LogP contribution in [0.4, 0.5) is 5.82 Å². The lowest BCUT2D eigenvalue weighted by atomic mass is 9.96. The molecule has 4 nitrogen and oxygen atoms in total. The van der Waals surface area contributed by atoms with E-state index < -0.39 is 0 Å². The highest BCUT2D eigenvalue weighted by Crippen LogP contribution is 2.25. The zero-order valence-electron chi connectivity index (χ0n) is 10.4. The molecule has 0 unspecified atom stereocenters. The van der Waals surface area contributed by atoms with E-state index in [2.05, 4.69) is 15.3 Å². The maximum Gasteiger partial charge on any atom is 0.129 e. The summed E-state index contributed by atoms with van der Waals surface area (Å²) in [5.74, 6) is 2.01. The van der Waals surface area contributed by atoms with Crippen molar-refractivity contribution in [2.75, 3.05) is 11.9 Å². The van der Waals surface area contributed by atoms with Gasteiger partial charge in [0, 0.05) is 24.8 Å². The third-order valence-electron chi connectivity index (χ3n) is 3.50. The molecular formula is C13H21N3O. The molecule has 2 atom stereocenters. The number of aromatic nitrogens is 2. The Balaban J connectivity index is 2.04. The van der Waals surface area contributed by atoms with Gasteiger partial charge in [-0.1, -0.05) is 19.3 Å². The molecule has 2 rings (SSSR count). The van der Waals surface area contributed by atoms with E-state index in [1.165, 1.54) is 19.3 Å². The van der Waals surface area contributed by atoms with Crippen molar-refractivity contribution in [2.24, 2.45) is 5.92 Å². The summed E-state index contributed by atoms with van der Waals surface area (Å²) in [7, 11) is 0. The minimum Gasteiger partial charge on any atom is -0.396 e. The molecule has 1 aromatic rings. The van der Waals surface area contributed by atoms with Crippen LogP contribution in [0.1, 0.15) is 37.9 Å². The van der Waals surface area contributed by atoms with Crippen molar-refractivity contribution in [3.05, 3.63) is 18.1 Å². The maximum absolute atomic E-state index is 9.45. The first-order valence-electron chi connectivity index (χ1n) is 6.46. The normalized spacial score (nSPS) is 25.3. The van der Waals surface area contributed by atoms with Crippen LogP contribution < -0.4 is 5.32 Å². The Kier molecular flexibility index (Phi) is 4.31.